The molecule has 1 fully saturated rings. The summed E-state index contributed by atoms with van der Waals surface area (Å²) >= 11 is 0. The molecule has 1 aromatic rings. The molecule has 122 valence electrons. The Labute approximate surface area is 132 Å². The Hall–Kier alpha value is -1.62. The fourth-order valence-corrected chi connectivity index (χ4v) is 2.66. The van der Waals surface area contributed by atoms with Gasteiger partial charge in [-0.15, -0.1) is 0 Å². The number of likely N-dealkylation sites (tertiary alicyclic amines) is 1. The lowest BCUT2D eigenvalue weighted by Crippen LogP contribution is -2.43. The molecule has 1 heterocycles. The molecule has 1 aliphatic heterocycles. The van der Waals surface area contributed by atoms with Crippen LogP contribution >= 0.6 is 0 Å². The van der Waals surface area contributed by atoms with Gasteiger partial charge in [0.05, 0.1) is 0 Å². The van der Waals surface area contributed by atoms with Gasteiger partial charge in [-0.3, -0.25) is 4.99 Å². The highest BCUT2D eigenvalue weighted by Gasteiger charge is 2.14. The summed E-state index contributed by atoms with van der Waals surface area (Å²) in [5, 5.41) is 6.44. The summed E-state index contributed by atoms with van der Waals surface area (Å²) in [5.41, 5.74) is 0.649. The molecule has 5 heteroatoms. The average molecular weight is 306 g/mol. The predicted molar refractivity (Wildman–Crippen MR) is 89.4 cm³/mol. The lowest BCUT2D eigenvalue weighted by Gasteiger charge is -2.30. The Morgan fingerprint density at radius 2 is 2.00 bits per heavy atom. The Kier molecular flexibility index (Phi) is 6.65. The van der Waals surface area contributed by atoms with Gasteiger partial charge >= 0.3 is 0 Å². The molecule has 22 heavy (non-hydrogen) atoms. The molecule has 0 aromatic heterocycles. The SMILES string of the molecule is CN=C(NCCN1CCC(C)CC1)NCc1ccccc1F. The highest BCUT2D eigenvalue weighted by atomic mass is 19.1. The van der Waals surface area contributed by atoms with Crippen molar-refractivity contribution in [3.63, 3.8) is 0 Å². The molecular weight excluding hydrogens is 279 g/mol. The minimum Gasteiger partial charge on any atom is -0.355 e. The summed E-state index contributed by atoms with van der Waals surface area (Å²) in [6.45, 7) is 7.00. The van der Waals surface area contributed by atoms with Crippen molar-refractivity contribution in [2.24, 2.45) is 10.9 Å². The number of benzene rings is 1. The van der Waals surface area contributed by atoms with Crippen molar-refractivity contribution in [2.45, 2.75) is 26.3 Å². The average Bonchev–Trinajstić information content (AvgIpc) is 2.54. The first kappa shape index (κ1) is 16.7. The van der Waals surface area contributed by atoms with Crippen LogP contribution in [0, 0.1) is 11.7 Å². The van der Waals surface area contributed by atoms with Crippen LogP contribution in [-0.2, 0) is 6.54 Å². The second kappa shape index (κ2) is 8.73. The molecule has 0 bridgehead atoms. The van der Waals surface area contributed by atoms with Gasteiger partial charge < -0.3 is 15.5 Å². The van der Waals surface area contributed by atoms with E-state index in [-0.39, 0.29) is 5.82 Å². The standard InChI is InChI=1S/C17H27FN4/c1-14-7-10-22(11-8-14)12-9-20-17(19-2)21-13-15-5-3-4-6-16(15)18/h3-6,14H,7-13H2,1-2H3,(H2,19,20,21). The number of halogens is 1. The number of hydrogen-bond acceptors (Lipinski definition) is 2. The normalized spacial score (nSPS) is 17.5. The summed E-state index contributed by atoms with van der Waals surface area (Å²) < 4.78 is 13.6. The Morgan fingerprint density at radius 1 is 1.27 bits per heavy atom. The lowest BCUT2D eigenvalue weighted by atomic mass is 9.99. The lowest BCUT2D eigenvalue weighted by molar-refractivity contribution is 0.195. The van der Waals surface area contributed by atoms with Gasteiger partial charge in [-0.1, -0.05) is 25.1 Å². The van der Waals surface area contributed by atoms with Crippen molar-refractivity contribution in [3.05, 3.63) is 35.6 Å². The number of rotatable bonds is 5. The molecule has 0 amide bonds. The van der Waals surface area contributed by atoms with E-state index in [9.17, 15) is 4.39 Å². The number of piperidine rings is 1. The van der Waals surface area contributed by atoms with Crippen LogP contribution in [0.3, 0.4) is 0 Å². The van der Waals surface area contributed by atoms with Crippen molar-refractivity contribution in [1.82, 2.24) is 15.5 Å². The highest BCUT2D eigenvalue weighted by Crippen LogP contribution is 2.15. The maximum absolute atomic E-state index is 13.6. The fraction of sp³-hybridized carbons (Fsp3) is 0.588. The minimum absolute atomic E-state index is 0.187. The molecule has 4 nitrogen and oxygen atoms in total. The molecule has 1 aromatic carbocycles. The van der Waals surface area contributed by atoms with E-state index in [0.29, 0.717) is 18.1 Å². The molecule has 0 radical (unpaired) electrons. The first-order valence-electron chi connectivity index (χ1n) is 8.09. The van der Waals surface area contributed by atoms with Crippen LogP contribution in [0.5, 0.6) is 0 Å². The quantitative estimate of drug-likeness (QED) is 0.647. The van der Waals surface area contributed by atoms with E-state index in [4.69, 9.17) is 0 Å². The maximum Gasteiger partial charge on any atom is 0.191 e. The van der Waals surface area contributed by atoms with Crippen molar-refractivity contribution in [1.29, 1.82) is 0 Å². The van der Waals surface area contributed by atoms with E-state index in [1.54, 1.807) is 19.2 Å². The monoisotopic (exact) mass is 306 g/mol. The molecule has 0 saturated carbocycles. The number of nitrogens with one attached hydrogen (secondary N) is 2. The molecule has 0 aliphatic carbocycles. The van der Waals surface area contributed by atoms with Gasteiger partial charge in [0.15, 0.2) is 5.96 Å². The minimum atomic E-state index is -0.187. The van der Waals surface area contributed by atoms with E-state index < -0.39 is 0 Å². The van der Waals surface area contributed by atoms with Gasteiger partial charge in [0.25, 0.3) is 0 Å². The van der Waals surface area contributed by atoms with Gasteiger partial charge in [-0.25, -0.2) is 4.39 Å². The van der Waals surface area contributed by atoms with Crippen LogP contribution in [-0.4, -0.2) is 44.1 Å². The molecule has 2 rings (SSSR count). The van der Waals surface area contributed by atoms with Crippen molar-refractivity contribution < 1.29 is 4.39 Å². The van der Waals surface area contributed by atoms with Crippen LogP contribution in [0.4, 0.5) is 4.39 Å². The Bertz CT molecular complexity index is 481. The second-order valence-corrected chi connectivity index (χ2v) is 5.97. The van der Waals surface area contributed by atoms with Gasteiger partial charge in [0.2, 0.25) is 0 Å². The molecule has 1 saturated heterocycles. The summed E-state index contributed by atoms with van der Waals surface area (Å²) in [4.78, 5) is 6.66. The third-order valence-corrected chi connectivity index (χ3v) is 4.22. The number of guanidine groups is 1. The van der Waals surface area contributed by atoms with Crippen molar-refractivity contribution in [3.8, 4) is 0 Å². The van der Waals surface area contributed by atoms with E-state index in [1.807, 2.05) is 6.07 Å². The smallest absolute Gasteiger partial charge is 0.191 e. The first-order chi connectivity index (χ1) is 10.7. The molecule has 2 N–H and O–H groups in total. The summed E-state index contributed by atoms with van der Waals surface area (Å²) in [5.74, 6) is 1.39. The zero-order valence-corrected chi connectivity index (χ0v) is 13.6. The van der Waals surface area contributed by atoms with Gasteiger partial charge in [0, 0.05) is 32.2 Å². The zero-order valence-electron chi connectivity index (χ0n) is 13.6. The summed E-state index contributed by atoms with van der Waals surface area (Å²) in [6, 6.07) is 6.80. The highest BCUT2D eigenvalue weighted by molar-refractivity contribution is 5.79. The molecule has 0 unspecified atom stereocenters. The van der Waals surface area contributed by atoms with E-state index in [2.05, 4.69) is 27.4 Å². The van der Waals surface area contributed by atoms with Gasteiger partial charge in [0.1, 0.15) is 5.82 Å². The van der Waals surface area contributed by atoms with Crippen molar-refractivity contribution in [2.75, 3.05) is 33.2 Å². The zero-order chi connectivity index (χ0) is 15.8. The van der Waals surface area contributed by atoms with Crippen LogP contribution in [0.25, 0.3) is 0 Å². The van der Waals surface area contributed by atoms with Crippen LogP contribution < -0.4 is 10.6 Å². The van der Waals surface area contributed by atoms with Crippen LogP contribution in [0.2, 0.25) is 0 Å². The largest absolute Gasteiger partial charge is 0.355 e. The fourth-order valence-electron chi connectivity index (χ4n) is 2.66. The molecule has 0 atom stereocenters. The van der Waals surface area contributed by atoms with E-state index in [0.717, 1.165) is 19.0 Å². The van der Waals surface area contributed by atoms with E-state index in [1.165, 1.54) is 32.0 Å². The number of aliphatic imine (C=N–C) groups is 1. The first-order valence-corrected chi connectivity index (χ1v) is 8.09. The third-order valence-electron chi connectivity index (χ3n) is 4.22. The Morgan fingerprint density at radius 3 is 2.68 bits per heavy atom. The third kappa shape index (κ3) is 5.30. The van der Waals surface area contributed by atoms with E-state index >= 15 is 0 Å². The predicted octanol–water partition coefficient (Wildman–Crippen LogP) is 2.22. The number of nitrogens with zero attached hydrogens (tertiary/aromatic N) is 2. The van der Waals surface area contributed by atoms with Gasteiger partial charge in [-0.05, 0) is 37.9 Å². The second-order valence-electron chi connectivity index (χ2n) is 5.97. The number of hydrogen-bond donors (Lipinski definition) is 2. The molecule has 1 aliphatic rings. The topological polar surface area (TPSA) is 39.7 Å². The van der Waals surface area contributed by atoms with Gasteiger partial charge in [-0.2, -0.15) is 0 Å². The Balaban J connectivity index is 1.68. The van der Waals surface area contributed by atoms with Crippen LogP contribution in [0.1, 0.15) is 25.3 Å². The summed E-state index contributed by atoms with van der Waals surface area (Å²) in [7, 11) is 1.74. The van der Waals surface area contributed by atoms with Crippen molar-refractivity contribution >= 4 is 5.96 Å². The summed E-state index contributed by atoms with van der Waals surface area (Å²) in [6.07, 6.45) is 2.58. The molecular formula is C17H27FN4. The molecule has 0 spiro atoms. The maximum atomic E-state index is 13.6. The van der Waals surface area contributed by atoms with Crippen LogP contribution in [0.15, 0.2) is 29.3 Å².